The number of carboxylic acid groups (broad SMARTS) is 1. The van der Waals surface area contributed by atoms with Gasteiger partial charge in [-0.1, -0.05) is 24.3 Å². The van der Waals surface area contributed by atoms with E-state index in [0.29, 0.717) is 5.92 Å². The van der Waals surface area contributed by atoms with Gasteiger partial charge < -0.3 is 15.7 Å². The fraction of sp³-hybridized carbons (Fsp3) is 0.500. The van der Waals surface area contributed by atoms with E-state index in [1.165, 1.54) is 18.4 Å². The first-order chi connectivity index (χ1) is 8.72. The minimum Gasteiger partial charge on any atom is -0.480 e. The molecule has 4 heteroatoms. The van der Waals surface area contributed by atoms with Gasteiger partial charge in [-0.3, -0.25) is 4.79 Å². The van der Waals surface area contributed by atoms with E-state index < -0.39 is 12.0 Å². The van der Waals surface area contributed by atoms with Crippen LogP contribution in [0.2, 0.25) is 0 Å². The highest BCUT2D eigenvalue weighted by Crippen LogP contribution is 2.25. The van der Waals surface area contributed by atoms with Gasteiger partial charge >= 0.3 is 5.97 Å². The molecular weight excluding hydrogens is 228 g/mol. The molecule has 0 radical (unpaired) electrons. The molecule has 0 aromatic heterocycles. The Kier molecular flexibility index (Phi) is 4.33. The molecule has 98 valence electrons. The molecule has 3 N–H and O–H groups in total. The molecule has 1 aromatic carbocycles. The van der Waals surface area contributed by atoms with Crippen molar-refractivity contribution in [2.24, 2.45) is 0 Å². The lowest BCUT2D eigenvalue weighted by atomic mass is 9.90. The maximum absolute atomic E-state index is 11.1. The van der Waals surface area contributed by atoms with Crippen molar-refractivity contribution >= 4 is 5.97 Å². The zero-order chi connectivity index (χ0) is 13.0. The second-order valence-corrected chi connectivity index (χ2v) is 4.77. The first-order valence-electron chi connectivity index (χ1n) is 6.43. The molecule has 0 bridgehead atoms. The van der Waals surface area contributed by atoms with E-state index in [1.54, 1.807) is 7.05 Å². The Morgan fingerprint density at radius 3 is 3.00 bits per heavy atom. The van der Waals surface area contributed by atoms with Crippen molar-refractivity contribution in [2.45, 2.75) is 24.8 Å². The molecule has 1 heterocycles. The first kappa shape index (κ1) is 13.1. The van der Waals surface area contributed by atoms with E-state index in [2.05, 4.69) is 16.7 Å². The van der Waals surface area contributed by atoms with Gasteiger partial charge in [0, 0.05) is 6.54 Å². The van der Waals surface area contributed by atoms with Crippen LogP contribution >= 0.6 is 0 Å². The van der Waals surface area contributed by atoms with E-state index in [9.17, 15) is 4.79 Å². The fourth-order valence-electron chi connectivity index (χ4n) is 2.56. The van der Waals surface area contributed by atoms with E-state index in [0.717, 1.165) is 18.7 Å². The Labute approximate surface area is 107 Å². The Morgan fingerprint density at radius 1 is 1.56 bits per heavy atom. The van der Waals surface area contributed by atoms with Gasteiger partial charge in [-0.15, -0.1) is 0 Å². The standard InChI is InChI=1S/C14H20N2O2/c1-15-13(14(17)18)11-5-2-4-10(8-11)12-6-3-7-16-9-12/h2,4-5,8,12-13,15-16H,3,6-7,9H2,1H3,(H,17,18). The van der Waals surface area contributed by atoms with Crippen LogP contribution in [0.1, 0.15) is 35.9 Å². The van der Waals surface area contributed by atoms with E-state index >= 15 is 0 Å². The van der Waals surface area contributed by atoms with Crippen LogP contribution in [0.15, 0.2) is 24.3 Å². The summed E-state index contributed by atoms with van der Waals surface area (Å²) in [6.07, 6.45) is 2.36. The van der Waals surface area contributed by atoms with Crippen LogP contribution < -0.4 is 10.6 Å². The van der Waals surface area contributed by atoms with E-state index in [1.807, 2.05) is 18.2 Å². The molecule has 1 fully saturated rings. The molecule has 0 spiro atoms. The van der Waals surface area contributed by atoms with Crippen molar-refractivity contribution in [3.05, 3.63) is 35.4 Å². The Bertz CT molecular complexity index is 414. The van der Waals surface area contributed by atoms with Gasteiger partial charge in [0.05, 0.1) is 0 Å². The topological polar surface area (TPSA) is 61.4 Å². The van der Waals surface area contributed by atoms with Crippen molar-refractivity contribution in [3.8, 4) is 0 Å². The summed E-state index contributed by atoms with van der Waals surface area (Å²) in [6.45, 7) is 2.07. The zero-order valence-corrected chi connectivity index (χ0v) is 10.6. The molecule has 0 amide bonds. The molecule has 1 aromatic rings. The van der Waals surface area contributed by atoms with Crippen molar-refractivity contribution in [1.82, 2.24) is 10.6 Å². The average molecular weight is 248 g/mol. The number of nitrogens with one attached hydrogen (secondary N) is 2. The quantitative estimate of drug-likeness (QED) is 0.755. The largest absolute Gasteiger partial charge is 0.480 e. The van der Waals surface area contributed by atoms with Gasteiger partial charge in [-0.2, -0.15) is 0 Å². The van der Waals surface area contributed by atoms with Crippen LogP contribution in [0, 0.1) is 0 Å². The molecule has 1 aliphatic rings. The second-order valence-electron chi connectivity index (χ2n) is 4.77. The van der Waals surface area contributed by atoms with Crippen molar-refractivity contribution in [3.63, 3.8) is 0 Å². The molecule has 4 nitrogen and oxygen atoms in total. The lowest BCUT2D eigenvalue weighted by Gasteiger charge is -2.24. The summed E-state index contributed by atoms with van der Waals surface area (Å²) in [5.74, 6) is -0.332. The van der Waals surface area contributed by atoms with Gasteiger partial charge in [0.1, 0.15) is 6.04 Å². The summed E-state index contributed by atoms with van der Waals surface area (Å²) in [5, 5.41) is 15.4. The molecule has 1 saturated heterocycles. The van der Waals surface area contributed by atoms with Crippen LogP contribution in [0.5, 0.6) is 0 Å². The molecule has 0 aliphatic carbocycles. The van der Waals surface area contributed by atoms with Crippen LogP contribution in [-0.4, -0.2) is 31.2 Å². The Hall–Kier alpha value is -1.39. The van der Waals surface area contributed by atoms with Crippen molar-refractivity contribution in [2.75, 3.05) is 20.1 Å². The fourth-order valence-corrected chi connectivity index (χ4v) is 2.56. The highest BCUT2D eigenvalue weighted by atomic mass is 16.4. The monoisotopic (exact) mass is 248 g/mol. The molecule has 1 aliphatic heterocycles. The van der Waals surface area contributed by atoms with Gasteiger partial charge in [0.2, 0.25) is 0 Å². The minimum atomic E-state index is -0.837. The third kappa shape index (κ3) is 2.89. The minimum absolute atomic E-state index is 0.505. The highest BCUT2D eigenvalue weighted by Gasteiger charge is 2.20. The number of carbonyl (C=O) groups is 1. The number of carboxylic acids is 1. The van der Waals surface area contributed by atoms with Gasteiger partial charge in [-0.05, 0) is 43.5 Å². The van der Waals surface area contributed by atoms with Crippen LogP contribution in [-0.2, 0) is 4.79 Å². The summed E-state index contributed by atoms with van der Waals surface area (Å²) in [6, 6.07) is 7.31. The maximum Gasteiger partial charge on any atom is 0.325 e. The zero-order valence-electron chi connectivity index (χ0n) is 10.6. The number of piperidine rings is 1. The SMILES string of the molecule is CNC(C(=O)O)c1cccc(C2CCCNC2)c1. The lowest BCUT2D eigenvalue weighted by Crippen LogP contribution is -2.29. The summed E-state index contributed by atoms with van der Waals surface area (Å²) in [5.41, 5.74) is 2.06. The first-order valence-corrected chi connectivity index (χ1v) is 6.43. The van der Waals surface area contributed by atoms with E-state index in [4.69, 9.17) is 5.11 Å². The molecule has 2 unspecified atom stereocenters. The summed E-state index contributed by atoms with van der Waals surface area (Å²) >= 11 is 0. The Balaban J connectivity index is 2.20. The third-order valence-corrected chi connectivity index (χ3v) is 3.55. The number of benzene rings is 1. The highest BCUT2D eigenvalue weighted by molar-refractivity contribution is 5.75. The molecular formula is C14H20N2O2. The predicted molar refractivity (Wildman–Crippen MR) is 70.7 cm³/mol. The summed E-state index contributed by atoms with van der Waals surface area (Å²) in [7, 11) is 1.67. The number of hydrogen-bond acceptors (Lipinski definition) is 3. The summed E-state index contributed by atoms with van der Waals surface area (Å²) in [4.78, 5) is 11.1. The lowest BCUT2D eigenvalue weighted by molar-refractivity contribution is -0.139. The normalized spacial score (nSPS) is 21.5. The maximum atomic E-state index is 11.1. The molecule has 2 atom stereocenters. The number of rotatable bonds is 4. The third-order valence-electron chi connectivity index (χ3n) is 3.55. The molecule has 18 heavy (non-hydrogen) atoms. The number of aliphatic carboxylic acids is 1. The Morgan fingerprint density at radius 2 is 2.39 bits per heavy atom. The predicted octanol–water partition coefficient (Wildman–Crippen LogP) is 1.50. The van der Waals surface area contributed by atoms with Gasteiger partial charge in [0.25, 0.3) is 0 Å². The van der Waals surface area contributed by atoms with Crippen LogP contribution in [0.25, 0.3) is 0 Å². The molecule has 0 saturated carbocycles. The smallest absolute Gasteiger partial charge is 0.325 e. The van der Waals surface area contributed by atoms with E-state index in [-0.39, 0.29) is 0 Å². The van der Waals surface area contributed by atoms with Gasteiger partial charge in [-0.25, -0.2) is 0 Å². The number of likely N-dealkylation sites (N-methyl/N-ethyl adjacent to an activating group) is 1. The average Bonchev–Trinajstić information content (AvgIpc) is 2.40. The van der Waals surface area contributed by atoms with Crippen molar-refractivity contribution in [1.29, 1.82) is 0 Å². The second kappa shape index (κ2) is 5.98. The summed E-state index contributed by atoms with van der Waals surface area (Å²) < 4.78 is 0. The van der Waals surface area contributed by atoms with Gasteiger partial charge in [0.15, 0.2) is 0 Å². The molecule has 2 rings (SSSR count). The number of hydrogen-bond donors (Lipinski definition) is 3. The van der Waals surface area contributed by atoms with Crippen LogP contribution in [0.4, 0.5) is 0 Å². The van der Waals surface area contributed by atoms with Crippen LogP contribution in [0.3, 0.4) is 0 Å². The van der Waals surface area contributed by atoms with Crippen molar-refractivity contribution < 1.29 is 9.90 Å².